The Morgan fingerprint density at radius 1 is 1.00 bits per heavy atom. The Morgan fingerprint density at radius 3 is 2.20 bits per heavy atom. The van der Waals surface area contributed by atoms with Crippen LogP contribution in [-0.4, -0.2) is 25.8 Å². The van der Waals surface area contributed by atoms with E-state index in [9.17, 15) is 9.59 Å². The molecule has 0 aliphatic heterocycles. The Morgan fingerprint density at radius 2 is 1.60 bits per heavy atom. The van der Waals surface area contributed by atoms with E-state index < -0.39 is 12.1 Å². The number of hydrogen-bond donors (Lipinski definition) is 2. The van der Waals surface area contributed by atoms with Crippen LogP contribution in [0.3, 0.4) is 0 Å². The normalized spacial score (nSPS) is 12.1. The van der Waals surface area contributed by atoms with Crippen molar-refractivity contribution in [3.05, 3.63) is 82.9 Å². The summed E-state index contributed by atoms with van der Waals surface area (Å²) in [6, 6.07) is 19.3. The second-order valence-corrected chi connectivity index (χ2v) is 7.18. The lowest BCUT2D eigenvalue weighted by atomic mass is 9.98. The van der Waals surface area contributed by atoms with Gasteiger partial charge in [0.15, 0.2) is 0 Å². The van der Waals surface area contributed by atoms with Gasteiger partial charge >= 0.3 is 12.1 Å². The molecule has 3 aromatic carbocycles. The van der Waals surface area contributed by atoms with Crippen LogP contribution in [0.25, 0.3) is 11.1 Å². The fraction of sp³-hybridized carbons (Fsp3) is 0.167. The summed E-state index contributed by atoms with van der Waals surface area (Å²) < 4.78 is 10.3. The molecule has 0 unspecified atom stereocenters. The smallest absolute Gasteiger partial charge is 0.411 e. The highest BCUT2D eigenvalue weighted by Crippen LogP contribution is 2.44. The van der Waals surface area contributed by atoms with Gasteiger partial charge in [-0.05, 0) is 46.9 Å². The molecule has 1 aliphatic carbocycles. The van der Waals surface area contributed by atoms with Crippen LogP contribution in [0, 0.1) is 6.92 Å². The quantitative estimate of drug-likeness (QED) is 0.487. The maximum absolute atomic E-state index is 12.5. The maximum Gasteiger partial charge on any atom is 0.411 e. The Bertz CT molecular complexity index is 1090. The van der Waals surface area contributed by atoms with Gasteiger partial charge in [-0.25, -0.2) is 9.59 Å². The maximum atomic E-state index is 12.5. The van der Waals surface area contributed by atoms with E-state index in [-0.39, 0.29) is 18.1 Å². The molecule has 3 N–H and O–H groups in total. The highest BCUT2D eigenvalue weighted by molar-refractivity contribution is 5.95. The average Bonchev–Trinajstić information content (AvgIpc) is 3.08. The van der Waals surface area contributed by atoms with E-state index in [1.807, 2.05) is 24.3 Å². The molecule has 0 saturated heterocycles. The number of carbonyl (C=O) groups excluding carboxylic acids is 2. The highest BCUT2D eigenvalue weighted by Gasteiger charge is 2.29. The zero-order valence-corrected chi connectivity index (χ0v) is 16.8. The van der Waals surface area contributed by atoms with Gasteiger partial charge in [-0.3, -0.25) is 5.32 Å². The number of carbonyl (C=O) groups is 2. The third-order valence-electron chi connectivity index (χ3n) is 5.45. The Labute approximate surface area is 174 Å². The van der Waals surface area contributed by atoms with Crippen LogP contribution < -0.4 is 11.1 Å². The van der Waals surface area contributed by atoms with Crippen molar-refractivity contribution in [3.63, 3.8) is 0 Å². The molecule has 3 aromatic rings. The minimum atomic E-state index is -0.610. The van der Waals surface area contributed by atoms with Gasteiger partial charge in [0, 0.05) is 17.3 Å². The van der Waals surface area contributed by atoms with Gasteiger partial charge in [-0.15, -0.1) is 0 Å². The van der Waals surface area contributed by atoms with Crippen LogP contribution in [0.5, 0.6) is 0 Å². The third-order valence-corrected chi connectivity index (χ3v) is 5.45. The van der Waals surface area contributed by atoms with Crippen molar-refractivity contribution < 1.29 is 19.1 Å². The molecule has 0 heterocycles. The summed E-state index contributed by atoms with van der Waals surface area (Å²) in [5.41, 5.74) is 12.3. The van der Waals surface area contributed by atoms with Crippen LogP contribution in [0.4, 0.5) is 16.2 Å². The predicted octanol–water partition coefficient (Wildman–Crippen LogP) is 4.72. The zero-order valence-electron chi connectivity index (χ0n) is 16.8. The van der Waals surface area contributed by atoms with Crippen molar-refractivity contribution in [2.24, 2.45) is 0 Å². The van der Waals surface area contributed by atoms with Crippen LogP contribution in [0.15, 0.2) is 60.7 Å². The van der Waals surface area contributed by atoms with Crippen LogP contribution >= 0.6 is 0 Å². The number of hydrogen-bond acceptors (Lipinski definition) is 5. The van der Waals surface area contributed by atoms with E-state index in [4.69, 9.17) is 15.2 Å². The van der Waals surface area contributed by atoms with E-state index in [0.717, 1.165) is 22.3 Å². The molecule has 30 heavy (non-hydrogen) atoms. The van der Waals surface area contributed by atoms with Gasteiger partial charge in [0.2, 0.25) is 0 Å². The van der Waals surface area contributed by atoms with Gasteiger partial charge in [0.05, 0.1) is 12.7 Å². The molecule has 6 heteroatoms. The van der Waals surface area contributed by atoms with E-state index in [1.54, 1.807) is 6.92 Å². The number of nitrogens with one attached hydrogen (secondary N) is 1. The minimum Gasteiger partial charge on any atom is -0.465 e. The molecule has 152 valence electrons. The van der Waals surface area contributed by atoms with Crippen molar-refractivity contribution in [1.29, 1.82) is 0 Å². The van der Waals surface area contributed by atoms with Gasteiger partial charge < -0.3 is 15.2 Å². The molecule has 0 fully saturated rings. The zero-order chi connectivity index (χ0) is 21.3. The summed E-state index contributed by atoms with van der Waals surface area (Å²) in [5.74, 6) is -0.562. The SMILES string of the molecule is COC(=O)c1cc(N)c(C)c(NC(=O)OCC2c3ccccc3-c3ccccc32)c1. The molecule has 1 amide bonds. The number of ether oxygens (including phenoxy) is 2. The minimum absolute atomic E-state index is 0.0317. The number of nitrogens with two attached hydrogens (primary N) is 1. The first-order valence-corrected chi connectivity index (χ1v) is 9.60. The Kier molecular flexibility index (Phi) is 5.14. The third kappa shape index (κ3) is 3.48. The molecule has 0 atom stereocenters. The number of benzene rings is 3. The second-order valence-electron chi connectivity index (χ2n) is 7.18. The lowest BCUT2D eigenvalue weighted by Crippen LogP contribution is -2.19. The van der Waals surface area contributed by atoms with Crippen molar-refractivity contribution in [1.82, 2.24) is 0 Å². The first-order valence-electron chi connectivity index (χ1n) is 9.60. The fourth-order valence-corrected chi connectivity index (χ4v) is 3.85. The second kappa shape index (κ2) is 7.91. The highest BCUT2D eigenvalue weighted by atomic mass is 16.5. The molecule has 4 rings (SSSR count). The lowest BCUT2D eigenvalue weighted by Gasteiger charge is -2.16. The molecule has 1 aliphatic rings. The number of anilines is 2. The number of rotatable bonds is 4. The Hall–Kier alpha value is -3.80. The van der Waals surface area contributed by atoms with E-state index in [2.05, 4.69) is 29.6 Å². The number of esters is 1. The predicted molar refractivity (Wildman–Crippen MR) is 116 cm³/mol. The standard InChI is InChI=1S/C24H22N2O4/c1-14-21(25)11-15(23(27)29-2)12-22(14)26-24(28)30-13-20-18-9-5-3-7-16(18)17-8-4-6-10-19(17)20/h3-12,20H,13,25H2,1-2H3,(H,26,28). The first kappa shape index (κ1) is 19.5. The first-order chi connectivity index (χ1) is 14.5. The van der Waals surface area contributed by atoms with Crippen LogP contribution in [-0.2, 0) is 9.47 Å². The van der Waals surface area contributed by atoms with Gasteiger partial charge in [0.1, 0.15) is 6.61 Å². The molecule has 0 radical (unpaired) electrons. The van der Waals surface area contributed by atoms with Crippen molar-refractivity contribution >= 4 is 23.4 Å². The summed E-state index contributed by atoms with van der Waals surface area (Å²) in [6.07, 6.45) is -0.610. The largest absolute Gasteiger partial charge is 0.465 e. The molecule has 6 nitrogen and oxygen atoms in total. The number of amides is 1. The molecule has 0 bridgehead atoms. The van der Waals surface area contributed by atoms with Crippen molar-refractivity contribution in [3.8, 4) is 11.1 Å². The van der Waals surface area contributed by atoms with E-state index in [0.29, 0.717) is 16.9 Å². The topological polar surface area (TPSA) is 90.6 Å². The molecule has 0 saturated carbocycles. The van der Waals surface area contributed by atoms with Crippen molar-refractivity contribution in [2.75, 3.05) is 24.8 Å². The van der Waals surface area contributed by atoms with E-state index in [1.165, 1.54) is 19.2 Å². The van der Waals surface area contributed by atoms with Crippen LogP contribution in [0.1, 0.15) is 33.0 Å². The Balaban J connectivity index is 1.51. The fourth-order valence-electron chi connectivity index (χ4n) is 3.85. The average molecular weight is 402 g/mol. The number of fused-ring (bicyclic) bond motifs is 3. The molecular weight excluding hydrogens is 380 g/mol. The summed E-state index contributed by atoms with van der Waals surface area (Å²) in [7, 11) is 1.29. The summed E-state index contributed by atoms with van der Waals surface area (Å²) in [4.78, 5) is 24.3. The van der Waals surface area contributed by atoms with Gasteiger partial charge in [-0.2, -0.15) is 0 Å². The number of nitrogen functional groups attached to an aromatic ring is 1. The van der Waals surface area contributed by atoms with Gasteiger partial charge in [0.25, 0.3) is 0 Å². The summed E-state index contributed by atoms with van der Waals surface area (Å²) in [5, 5.41) is 2.69. The summed E-state index contributed by atoms with van der Waals surface area (Å²) >= 11 is 0. The molecule has 0 spiro atoms. The lowest BCUT2D eigenvalue weighted by molar-refractivity contribution is 0.0600. The summed E-state index contributed by atoms with van der Waals surface area (Å²) in [6.45, 7) is 1.96. The van der Waals surface area contributed by atoms with Crippen LogP contribution in [0.2, 0.25) is 0 Å². The monoisotopic (exact) mass is 402 g/mol. The van der Waals surface area contributed by atoms with Crippen molar-refractivity contribution in [2.45, 2.75) is 12.8 Å². The molecular formula is C24H22N2O4. The van der Waals surface area contributed by atoms with Gasteiger partial charge in [-0.1, -0.05) is 48.5 Å². The molecule has 0 aromatic heterocycles. The number of methoxy groups -OCH3 is 1. The van der Waals surface area contributed by atoms with E-state index >= 15 is 0 Å².